The van der Waals surface area contributed by atoms with E-state index in [9.17, 15) is 22.3 Å². The fourth-order valence-corrected chi connectivity index (χ4v) is 4.53. The summed E-state index contributed by atoms with van der Waals surface area (Å²) in [5.41, 5.74) is 1.87. The fraction of sp³-hybridized carbons (Fsp3) is 0.286. The van der Waals surface area contributed by atoms with Gasteiger partial charge in [-0.2, -0.15) is 18.2 Å². The number of aliphatic hydroxyl groups excluding tert-OH is 1. The van der Waals surface area contributed by atoms with E-state index in [4.69, 9.17) is 4.18 Å². The Bertz CT molecular complexity index is 1200. The molecule has 0 amide bonds. The van der Waals surface area contributed by atoms with Crippen LogP contribution in [0.25, 0.3) is 5.69 Å². The molecule has 2 aromatic carbocycles. The van der Waals surface area contributed by atoms with Crippen LogP contribution in [0.5, 0.6) is 5.88 Å². The van der Waals surface area contributed by atoms with E-state index in [1.54, 1.807) is 18.2 Å². The summed E-state index contributed by atoms with van der Waals surface area (Å²) in [6.07, 6.45) is 0.175. The van der Waals surface area contributed by atoms with Gasteiger partial charge in [0, 0.05) is 25.2 Å². The summed E-state index contributed by atoms with van der Waals surface area (Å²) in [6.45, 7) is 0.747. The van der Waals surface area contributed by atoms with Gasteiger partial charge in [-0.1, -0.05) is 24.3 Å². The maximum atomic E-state index is 14.4. The highest BCUT2D eigenvalue weighted by atomic mass is 32.2. The van der Waals surface area contributed by atoms with Gasteiger partial charge in [0.05, 0.1) is 18.1 Å². The first-order valence-electron chi connectivity index (χ1n) is 9.72. The number of halogens is 2. The smallest absolute Gasteiger partial charge is 0.311 e. The maximum Gasteiger partial charge on any atom is 0.311 e. The van der Waals surface area contributed by atoms with Crippen molar-refractivity contribution in [3.63, 3.8) is 0 Å². The Morgan fingerprint density at radius 1 is 1.13 bits per heavy atom. The van der Waals surface area contributed by atoms with Gasteiger partial charge in [-0.25, -0.2) is 8.78 Å². The van der Waals surface area contributed by atoms with E-state index < -0.39 is 15.9 Å². The number of aromatic nitrogens is 2. The monoisotopic (exact) mass is 449 g/mol. The average molecular weight is 449 g/mol. The molecule has 0 bridgehead atoms. The molecule has 1 N–H and O–H groups in total. The Morgan fingerprint density at radius 3 is 2.68 bits per heavy atom. The van der Waals surface area contributed by atoms with Crippen molar-refractivity contribution in [3.8, 4) is 11.6 Å². The number of benzene rings is 2. The van der Waals surface area contributed by atoms with Gasteiger partial charge in [0.2, 0.25) is 5.88 Å². The van der Waals surface area contributed by atoms with Gasteiger partial charge in [-0.15, -0.1) is 0 Å². The van der Waals surface area contributed by atoms with E-state index in [1.165, 1.54) is 30.3 Å². The van der Waals surface area contributed by atoms with E-state index in [1.807, 2.05) is 4.90 Å². The predicted molar refractivity (Wildman–Crippen MR) is 109 cm³/mol. The lowest BCUT2D eigenvalue weighted by Gasteiger charge is -2.21. The molecular formula is C21H21F2N3O4S. The molecule has 4 rings (SSSR count). The van der Waals surface area contributed by atoms with Gasteiger partial charge >= 0.3 is 10.1 Å². The summed E-state index contributed by atoms with van der Waals surface area (Å²) in [7, 11) is -3.80. The van der Waals surface area contributed by atoms with Crippen LogP contribution in [0.15, 0.2) is 48.5 Å². The Balaban J connectivity index is 1.71. The van der Waals surface area contributed by atoms with Gasteiger partial charge in [-0.3, -0.25) is 4.90 Å². The van der Waals surface area contributed by atoms with Gasteiger partial charge < -0.3 is 9.29 Å². The summed E-state index contributed by atoms with van der Waals surface area (Å²) in [5, 5.41) is 13.9. The van der Waals surface area contributed by atoms with E-state index >= 15 is 0 Å². The van der Waals surface area contributed by atoms with Crippen LogP contribution in [0.3, 0.4) is 0 Å². The normalized spacial score (nSPS) is 15.0. The lowest BCUT2D eigenvalue weighted by atomic mass is 10.1. The van der Waals surface area contributed by atoms with Gasteiger partial charge in [-0.05, 0) is 36.2 Å². The molecule has 0 atom stereocenters. The zero-order valence-electron chi connectivity index (χ0n) is 16.5. The van der Waals surface area contributed by atoms with E-state index in [2.05, 4.69) is 5.10 Å². The van der Waals surface area contributed by atoms with Crippen molar-refractivity contribution < 1.29 is 26.5 Å². The molecule has 0 unspecified atom stereocenters. The van der Waals surface area contributed by atoms with Gasteiger partial charge in [0.25, 0.3) is 0 Å². The van der Waals surface area contributed by atoms with Crippen molar-refractivity contribution in [2.75, 3.05) is 18.9 Å². The number of hydrogen-bond acceptors (Lipinski definition) is 6. The second kappa shape index (κ2) is 8.74. The average Bonchev–Trinajstić information content (AvgIpc) is 3.04. The third kappa shape index (κ3) is 4.76. The molecule has 0 fully saturated rings. The predicted octanol–water partition coefficient (Wildman–Crippen LogP) is 2.41. The molecule has 10 heteroatoms. The number of nitrogens with zero attached hydrogens (tertiary/aromatic N) is 3. The highest BCUT2D eigenvalue weighted by molar-refractivity contribution is 7.87. The quantitative estimate of drug-likeness (QED) is 0.558. The Hall–Kier alpha value is -2.82. The second-order valence-corrected chi connectivity index (χ2v) is 8.94. The lowest BCUT2D eigenvalue weighted by molar-refractivity contribution is 0.182. The molecular weight excluding hydrogens is 428 g/mol. The summed E-state index contributed by atoms with van der Waals surface area (Å²) in [5.74, 6) is -1.17. The van der Waals surface area contributed by atoms with Crippen molar-refractivity contribution in [2.24, 2.45) is 0 Å². The minimum absolute atomic E-state index is 0.0268. The molecule has 3 aromatic rings. The molecule has 164 valence electrons. The third-order valence-electron chi connectivity index (χ3n) is 4.99. The number of fused-ring (bicyclic) bond motifs is 1. The van der Waals surface area contributed by atoms with Crippen molar-refractivity contribution in [1.82, 2.24) is 14.7 Å². The first kappa shape index (κ1) is 21.4. The van der Waals surface area contributed by atoms with Crippen LogP contribution in [-0.4, -0.2) is 47.1 Å². The first-order chi connectivity index (χ1) is 14.9. The molecule has 0 aliphatic carbocycles. The molecule has 1 aliphatic rings. The summed E-state index contributed by atoms with van der Waals surface area (Å²) in [6, 6.07) is 12.0. The number of rotatable bonds is 7. The summed E-state index contributed by atoms with van der Waals surface area (Å²) < 4.78 is 58.4. The number of para-hydroxylation sites is 1. The van der Waals surface area contributed by atoms with Crippen LogP contribution in [0.4, 0.5) is 8.78 Å². The van der Waals surface area contributed by atoms with Crippen LogP contribution in [0.1, 0.15) is 16.8 Å². The summed E-state index contributed by atoms with van der Waals surface area (Å²) >= 11 is 0. The van der Waals surface area contributed by atoms with Crippen molar-refractivity contribution in [1.29, 1.82) is 0 Å². The molecule has 0 radical (unpaired) electrons. The SMILES string of the molecule is O=S1(=O)CCc2c(CN(CCO)Cc3cccc(F)c3)nn(-c3ccccc3F)c2O1. The zero-order valence-corrected chi connectivity index (χ0v) is 17.4. The molecule has 1 aromatic heterocycles. The van der Waals surface area contributed by atoms with Crippen LogP contribution in [-0.2, 0) is 29.6 Å². The minimum atomic E-state index is -3.80. The second-order valence-electron chi connectivity index (χ2n) is 7.25. The number of aliphatic hydroxyl groups is 1. The highest BCUT2D eigenvalue weighted by Gasteiger charge is 2.32. The molecule has 1 aliphatic heterocycles. The lowest BCUT2D eigenvalue weighted by Crippen LogP contribution is -2.27. The largest absolute Gasteiger partial charge is 0.395 e. The fourth-order valence-electron chi connectivity index (χ4n) is 3.58. The Kier molecular flexibility index (Phi) is 6.03. The molecule has 2 heterocycles. The van der Waals surface area contributed by atoms with Crippen molar-refractivity contribution >= 4 is 10.1 Å². The van der Waals surface area contributed by atoms with Crippen LogP contribution in [0, 0.1) is 11.6 Å². The first-order valence-corrected chi connectivity index (χ1v) is 11.3. The Morgan fingerprint density at radius 2 is 1.94 bits per heavy atom. The van der Waals surface area contributed by atoms with Gasteiger partial charge in [0.15, 0.2) is 0 Å². The zero-order chi connectivity index (χ0) is 22.0. The van der Waals surface area contributed by atoms with E-state index in [0.29, 0.717) is 17.8 Å². The van der Waals surface area contributed by atoms with Crippen molar-refractivity contribution in [3.05, 3.63) is 77.0 Å². The number of hydrogen-bond donors (Lipinski definition) is 1. The van der Waals surface area contributed by atoms with Crippen molar-refractivity contribution in [2.45, 2.75) is 19.5 Å². The van der Waals surface area contributed by atoms with E-state index in [-0.39, 0.29) is 49.3 Å². The standard InChI is InChI=1S/C21H21F2N3O4S/c22-16-5-3-4-15(12-16)13-25(9-10-27)14-19-17-8-11-31(28,29)30-21(17)26(24-19)20-7-2-1-6-18(20)23/h1-7,12,27H,8-11,13-14H2. The molecule has 0 spiro atoms. The third-order valence-corrected chi connectivity index (χ3v) is 6.11. The maximum absolute atomic E-state index is 14.4. The Labute approximate surface area is 178 Å². The topological polar surface area (TPSA) is 84.7 Å². The molecule has 7 nitrogen and oxygen atoms in total. The molecule has 31 heavy (non-hydrogen) atoms. The van der Waals surface area contributed by atoms with Crippen LogP contribution < -0.4 is 4.18 Å². The summed E-state index contributed by atoms with van der Waals surface area (Å²) in [4.78, 5) is 1.85. The van der Waals surface area contributed by atoms with Crippen LogP contribution in [0.2, 0.25) is 0 Å². The highest BCUT2D eigenvalue weighted by Crippen LogP contribution is 2.33. The van der Waals surface area contributed by atoms with Gasteiger partial charge in [0.1, 0.15) is 17.3 Å². The molecule has 0 saturated heterocycles. The van der Waals surface area contributed by atoms with Crippen LogP contribution >= 0.6 is 0 Å². The van der Waals surface area contributed by atoms with E-state index in [0.717, 1.165) is 10.2 Å². The molecule has 0 saturated carbocycles. The minimum Gasteiger partial charge on any atom is -0.395 e.